The van der Waals surface area contributed by atoms with E-state index in [4.69, 9.17) is 0 Å². The van der Waals surface area contributed by atoms with E-state index in [1.807, 2.05) is 32.0 Å². The van der Waals surface area contributed by atoms with Crippen LogP contribution in [0.2, 0.25) is 0 Å². The third-order valence-corrected chi connectivity index (χ3v) is 3.72. The molecule has 1 aliphatic heterocycles. The van der Waals surface area contributed by atoms with Gasteiger partial charge in [0.2, 0.25) is 11.8 Å². The summed E-state index contributed by atoms with van der Waals surface area (Å²) in [6, 6.07) is 5.72. The smallest absolute Gasteiger partial charge is 0.249 e. The van der Waals surface area contributed by atoms with Crippen molar-refractivity contribution < 1.29 is 9.59 Å². The number of rotatable bonds is 1. The van der Waals surface area contributed by atoms with E-state index in [-0.39, 0.29) is 17.9 Å². The molecule has 102 valence electrons. The van der Waals surface area contributed by atoms with E-state index in [0.717, 1.165) is 16.8 Å². The number of amides is 2. The van der Waals surface area contributed by atoms with Crippen LogP contribution in [-0.4, -0.2) is 35.8 Å². The maximum Gasteiger partial charge on any atom is 0.249 e. The molecule has 0 unspecified atom stereocenters. The Morgan fingerprint density at radius 2 is 1.95 bits per heavy atom. The molecule has 2 amide bonds. The van der Waals surface area contributed by atoms with Crippen molar-refractivity contribution in [3.8, 4) is 0 Å². The van der Waals surface area contributed by atoms with Gasteiger partial charge in [0.15, 0.2) is 0 Å². The summed E-state index contributed by atoms with van der Waals surface area (Å²) < 4.78 is 0. The van der Waals surface area contributed by atoms with Crippen LogP contribution in [0.5, 0.6) is 0 Å². The highest BCUT2D eigenvalue weighted by Gasteiger charge is 2.33. The molecule has 1 aromatic carbocycles. The lowest BCUT2D eigenvalue weighted by Crippen LogP contribution is -2.57. The SMILES string of the molecule is CC(=O)N1CCN(c2cc(C)ccc2C)C(=O)[C@H]1C. The van der Waals surface area contributed by atoms with Gasteiger partial charge in [-0.05, 0) is 38.0 Å². The first-order valence-corrected chi connectivity index (χ1v) is 6.57. The van der Waals surface area contributed by atoms with Crippen molar-refractivity contribution in [2.24, 2.45) is 0 Å². The predicted molar refractivity (Wildman–Crippen MR) is 75.1 cm³/mol. The van der Waals surface area contributed by atoms with Crippen molar-refractivity contribution in [2.75, 3.05) is 18.0 Å². The molecule has 1 aliphatic rings. The third-order valence-electron chi connectivity index (χ3n) is 3.72. The van der Waals surface area contributed by atoms with E-state index >= 15 is 0 Å². The van der Waals surface area contributed by atoms with Crippen molar-refractivity contribution in [3.05, 3.63) is 29.3 Å². The van der Waals surface area contributed by atoms with Crippen LogP contribution in [0, 0.1) is 13.8 Å². The number of piperazine rings is 1. The second-order valence-corrected chi connectivity index (χ2v) is 5.17. The van der Waals surface area contributed by atoms with Gasteiger partial charge in [-0.1, -0.05) is 12.1 Å². The lowest BCUT2D eigenvalue weighted by Gasteiger charge is -2.39. The van der Waals surface area contributed by atoms with Gasteiger partial charge in [0.1, 0.15) is 6.04 Å². The normalized spacial score (nSPS) is 19.8. The first-order valence-electron chi connectivity index (χ1n) is 6.57. The molecular formula is C15H20N2O2. The number of benzene rings is 1. The molecule has 0 bridgehead atoms. The first kappa shape index (κ1) is 13.6. The number of nitrogens with zero attached hydrogens (tertiary/aromatic N) is 2. The lowest BCUT2D eigenvalue weighted by atomic mass is 10.1. The van der Waals surface area contributed by atoms with Crippen LogP contribution < -0.4 is 4.90 Å². The van der Waals surface area contributed by atoms with Crippen molar-refractivity contribution in [1.29, 1.82) is 0 Å². The summed E-state index contributed by atoms with van der Waals surface area (Å²) in [5.74, 6) is -0.0448. The second kappa shape index (κ2) is 5.03. The minimum absolute atomic E-state index is 0.00449. The van der Waals surface area contributed by atoms with Gasteiger partial charge in [-0.25, -0.2) is 0 Å². The molecule has 0 N–H and O–H groups in total. The Kier molecular flexibility index (Phi) is 3.60. The Hall–Kier alpha value is -1.84. The average Bonchev–Trinajstić information content (AvgIpc) is 2.35. The van der Waals surface area contributed by atoms with Gasteiger partial charge < -0.3 is 9.80 Å². The number of hydrogen-bond acceptors (Lipinski definition) is 2. The van der Waals surface area contributed by atoms with Crippen molar-refractivity contribution in [1.82, 2.24) is 4.90 Å². The summed E-state index contributed by atoms with van der Waals surface area (Å²) in [5, 5.41) is 0. The van der Waals surface area contributed by atoms with E-state index in [2.05, 4.69) is 0 Å². The molecule has 1 heterocycles. The van der Waals surface area contributed by atoms with Crippen LogP contribution in [0.1, 0.15) is 25.0 Å². The van der Waals surface area contributed by atoms with Gasteiger partial charge in [0.25, 0.3) is 0 Å². The molecule has 1 saturated heterocycles. The summed E-state index contributed by atoms with van der Waals surface area (Å²) in [7, 11) is 0. The van der Waals surface area contributed by atoms with Crippen molar-refractivity contribution in [3.63, 3.8) is 0 Å². The zero-order valence-corrected chi connectivity index (χ0v) is 11.9. The second-order valence-electron chi connectivity index (χ2n) is 5.17. The van der Waals surface area contributed by atoms with Gasteiger partial charge in [-0.15, -0.1) is 0 Å². The summed E-state index contributed by atoms with van der Waals surface area (Å²) in [4.78, 5) is 27.3. The summed E-state index contributed by atoms with van der Waals surface area (Å²) in [5.41, 5.74) is 3.18. The summed E-state index contributed by atoms with van der Waals surface area (Å²) in [6.45, 7) is 8.48. The van der Waals surface area contributed by atoms with Crippen LogP contribution in [0.15, 0.2) is 18.2 Å². The Morgan fingerprint density at radius 3 is 2.58 bits per heavy atom. The summed E-state index contributed by atoms with van der Waals surface area (Å²) >= 11 is 0. The van der Waals surface area contributed by atoms with Crippen LogP contribution >= 0.6 is 0 Å². The highest BCUT2D eigenvalue weighted by molar-refractivity contribution is 6.00. The van der Waals surface area contributed by atoms with Gasteiger partial charge in [-0.2, -0.15) is 0 Å². The maximum atomic E-state index is 12.4. The monoisotopic (exact) mass is 260 g/mol. The molecular weight excluding hydrogens is 240 g/mol. The van der Waals surface area contributed by atoms with Gasteiger partial charge in [0.05, 0.1) is 0 Å². The van der Waals surface area contributed by atoms with Crippen LogP contribution in [0.3, 0.4) is 0 Å². The first-order chi connectivity index (χ1) is 8.91. The lowest BCUT2D eigenvalue weighted by molar-refractivity contribution is -0.139. The molecule has 1 atom stereocenters. The van der Waals surface area contributed by atoms with Gasteiger partial charge >= 0.3 is 0 Å². The fraction of sp³-hybridized carbons (Fsp3) is 0.467. The van der Waals surface area contributed by atoms with Crippen LogP contribution in [-0.2, 0) is 9.59 Å². The van der Waals surface area contributed by atoms with Crippen LogP contribution in [0.25, 0.3) is 0 Å². The fourth-order valence-corrected chi connectivity index (χ4v) is 2.55. The standard InChI is InChI=1S/C15H20N2O2/c1-10-5-6-11(2)14(9-10)17-8-7-16(13(4)18)12(3)15(17)19/h5-6,9,12H,7-8H2,1-4H3/t12-/m1/s1. The number of anilines is 1. The Bertz CT molecular complexity index is 525. The molecule has 0 radical (unpaired) electrons. The quantitative estimate of drug-likeness (QED) is 0.773. The number of carbonyl (C=O) groups excluding carboxylic acids is 2. The van der Waals surface area contributed by atoms with Crippen molar-refractivity contribution >= 4 is 17.5 Å². The largest absolute Gasteiger partial charge is 0.329 e. The highest BCUT2D eigenvalue weighted by atomic mass is 16.2. The van der Waals surface area contributed by atoms with E-state index in [1.165, 1.54) is 6.92 Å². The third kappa shape index (κ3) is 2.48. The topological polar surface area (TPSA) is 40.6 Å². The Labute approximate surface area is 114 Å². The molecule has 1 aromatic rings. The summed E-state index contributed by atoms with van der Waals surface area (Å²) in [6.07, 6.45) is 0. The van der Waals surface area contributed by atoms with Crippen molar-refractivity contribution in [2.45, 2.75) is 33.7 Å². The highest BCUT2D eigenvalue weighted by Crippen LogP contribution is 2.25. The molecule has 0 spiro atoms. The molecule has 0 aromatic heterocycles. The van der Waals surface area contributed by atoms with Gasteiger partial charge in [-0.3, -0.25) is 9.59 Å². The molecule has 1 fully saturated rings. The molecule has 0 saturated carbocycles. The zero-order chi connectivity index (χ0) is 14.2. The van der Waals surface area contributed by atoms with E-state index < -0.39 is 0 Å². The molecule has 4 heteroatoms. The molecule has 2 rings (SSSR count). The van der Waals surface area contributed by atoms with E-state index in [9.17, 15) is 9.59 Å². The average molecular weight is 260 g/mol. The van der Waals surface area contributed by atoms with E-state index in [1.54, 1.807) is 16.7 Å². The number of hydrogen-bond donors (Lipinski definition) is 0. The number of carbonyl (C=O) groups is 2. The van der Waals surface area contributed by atoms with Crippen LogP contribution in [0.4, 0.5) is 5.69 Å². The van der Waals surface area contributed by atoms with Gasteiger partial charge in [0, 0.05) is 25.7 Å². The zero-order valence-electron chi connectivity index (χ0n) is 11.9. The minimum Gasteiger partial charge on any atom is -0.329 e. The maximum absolute atomic E-state index is 12.4. The predicted octanol–water partition coefficient (Wildman–Crippen LogP) is 1.89. The Morgan fingerprint density at radius 1 is 1.26 bits per heavy atom. The van der Waals surface area contributed by atoms with E-state index in [0.29, 0.717) is 13.1 Å². The Balaban J connectivity index is 2.30. The molecule has 19 heavy (non-hydrogen) atoms. The minimum atomic E-state index is -0.383. The number of aryl methyl sites for hydroxylation is 2. The molecule has 0 aliphatic carbocycles. The molecule has 4 nitrogen and oxygen atoms in total. The fourth-order valence-electron chi connectivity index (χ4n) is 2.55.